The SMILES string of the molecule is COc1cc(O)c(-c2cc(=O)c3c(O)c(OC)c(OC)c(OC)c3o2)cc1O. The lowest BCUT2D eigenvalue weighted by molar-refractivity contribution is 0.311. The van der Waals surface area contributed by atoms with E-state index in [0.29, 0.717) is 0 Å². The molecule has 0 aliphatic carbocycles. The molecule has 2 aromatic carbocycles. The smallest absolute Gasteiger partial charge is 0.211 e. The summed E-state index contributed by atoms with van der Waals surface area (Å²) in [4.78, 5) is 12.7. The molecule has 0 atom stereocenters. The number of benzene rings is 2. The molecule has 0 fully saturated rings. The van der Waals surface area contributed by atoms with Crippen LogP contribution in [0.15, 0.2) is 27.4 Å². The Bertz CT molecular complexity index is 1120. The Labute approximate surface area is 158 Å². The predicted octanol–water partition coefficient (Wildman–Crippen LogP) is 2.61. The van der Waals surface area contributed by atoms with E-state index < -0.39 is 11.2 Å². The number of ether oxygens (including phenoxy) is 4. The molecule has 3 N–H and O–H groups in total. The van der Waals surface area contributed by atoms with Crippen molar-refractivity contribution in [2.45, 2.75) is 0 Å². The fraction of sp³-hybridized carbons (Fsp3) is 0.211. The van der Waals surface area contributed by atoms with Crippen LogP contribution in [0.4, 0.5) is 0 Å². The molecule has 0 aliphatic rings. The first kappa shape index (κ1) is 19.0. The van der Waals surface area contributed by atoms with E-state index in [1.165, 1.54) is 40.6 Å². The molecule has 9 nitrogen and oxygen atoms in total. The first-order chi connectivity index (χ1) is 13.4. The van der Waals surface area contributed by atoms with Crippen LogP contribution in [0.1, 0.15) is 0 Å². The standard InChI is InChI=1S/C19H18O9/c1-24-13-6-9(20)8(5-10(13)21)12-7-11(22)14-15(23)17(25-2)19(27-4)18(26-3)16(14)28-12/h5-7,20-21,23H,1-4H3. The highest BCUT2D eigenvalue weighted by atomic mass is 16.5. The average Bonchev–Trinajstić information content (AvgIpc) is 2.68. The summed E-state index contributed by atoms with van der Waals surface area (Å²) in [5, 5.41) is 30.5. The van der Waals surface area contributed by atoms with Crippen LogP contribution in [0.3, 0.4) is 0 Å². The van der Waals surface area contributed by atoms with Crippen LogP contribution in [-0.4, -0.2) is 43.8 Å². The van der Waals surface area contributed by atoms with Crippen molar-refractivity contribution in [3.05, 3.63) is 28.4 Å². The zero-order chi connectivity index (χ0) is 20.6. The molecule has 148 valence electrons. The van der Waals surface area contributed by atoms with E-state index in [9.17, 15) is 20.1 Å². The van der Waals surface area contributed by atoms with Gasteiger partial charge in [0.15, 0.2) is 28.3 Å². The molecule has 0 saturated carbocycles. The monoisotopic (exact) mass is 390 g/mol. The lowest BCUT2D eigenvalue weighted by Crippen LogP contribution is -2.05. The summed E-state index contributed by atoms with van der Waals surface area (Å²) in [6.45, 7) is 0. The summed E-state index contributed by atoms with van der Waals surface area (Å²) in [5.74, 6) is -1.10. The molecule has 1 heterocycles. The van der Waals surface area contributed by atoms with Gasteiger partial charge in [-0.05, 0) is 6.07 Å². The van der Waals surface area contributed by atoms with Crippen LogP contribution in [-0.2, 0) is 0 Å². The van der Waals surface area contributed by atoms with E-state index in [0.717, 1.165) is 6.07 Å². The molecular weight excluding hydrogens is 372 g/mol. The van der Waals surface area contributed by atoms with Crippen LogP contribution < -0.4 is 24.4 Å². The third-order valence-corrected chi connectivity index (χ3v) is 4.19. The predicted molar refractivity (Wildman–Crippen MR) is 99.1 cm³/mol. The second kappa shape index (κ2) is 7.10. The van der Waals surface area contributed by atoms with Crippen molar-refractivity contribution in [3.63, 3.8) is 0 Å². The molecule has 3 rings (SSSR count). The summed E-state index contributed by atoms with van der Waals surface area (Å²) in [5.41, 5.74) is -0.703. The molecule has 3 aromatic rings. The Morgan fingerprint density at radius 3 is 2.00 bits per heavy atom. The number of rotatable bonds is 5. The maximum absolute atomic E-state index is 12.7. The summed E-state index contributed by atoms with van der Waals surface area (Å²) in [6, 6.07) is 3.43. The quantitative estimate of drug-likeness (QED) is 0.563. The number of hydrogen-bond acceptors (Lipinski definition) is 9. The second-order valence-corrected chi connectivity index (χ2v) is 5.67. The van der Waals surface area contributed by atoms with Gasteiger partial charge < -0.3 is 38.7 Å². The molecular formula is C19H18O9. The van der Waals surface area contributed by atoms with Gasteiger partial charge in [0.1, 0.15) is 16.9 Å². The molecule has 28 heavy (non-hydrogen) atoms. The Morgan fingerprint density at radius 2 is 1.43 bits per heavy atom. The zero-order valence-electron chi connectivity index (χ0n) is 15.5. The minimum absolute atomic E-state index is 0.0170. The van der Waals surface area contributed by atoms with Crippen molar-refractivity contribution in [2.75, 3.05) is 28.4 Å². The number of fused-ring (bicyclic) bond motifs is 1. The number of methoxy groups -OCH3 is 4. The number of aromatic hydroxyl groups is 3. The van der Waals surface area contributed by atoms with Gasteiger partial charge in [0.2, 0.25) is 17.2 Å². The van der Waals surface area contributed by atoms with E-state index in [1.807, 2.05) is 0 Å². The van der Waals surface area contributed by atoms with E-state index in [1.54, 1.807) is 0 Å². The van der Waals surface area contributed by atoms with E-state index >= 15 is 0 Å². The first-order valence-electron chi connectivity index (χ1n) is 7.96. The maximum atomic E-state index is 12.7. The van der Waals surface area contributed by atoms with E-state index in [2.05, 4.69) is 0 Å². The Balaban J connectivity index is 2.41. The summed E-state index contributed by atoms with van der Waals surface area (Å²) in [7, 11) is 5.30. The van der Waals surface area contributed by atoms with Gasteiger partial charge in [-0.15, -0.1) is 0 Å². The van der Waals surface area contributed by atoms with Crippen LogP contribution in [0.5, 0.6) is 40.2 Å². The van der Waals surface area contributed by atoms with Gasteiger partial charge in [-0.1, -0.05) is 0 Å². The fourth-order valence-corrected chi connectivity index (χ4v) is 2.92. The molecule has 0 amide bonds. The molecule has 0 spiro atoms. The molecule has 0 radical (unpaired) electrons. The van der Waals surface area contributed by atoms with Gasteiger partial charge in [-0.2, -0.15) is 0 Å². The first-order valence-corrected chi connectivity index (χ1v) is 7.96. The third kappa shape index (κ3) is 2.77. The Morgan fingerprint density at radius 1 is 0.786 bits per heavy atom. The van der Waals surface area contributed by atoms with Crippen molar-refractivity contribution >= 4 is 11.0 Å². The molecule has 0 saturated heterocycles. The number of phenolic OH excluding ortho intramolecular Hbond substituents is 3. The van der Waals surface area contributed by atoms with Crippen molar-refractivity contribution < 1.29 is 38.7 Å². The van der Waals surface area contributed by atoms with Crippen LogP contribution in [0.25, 0.3) is 22.3 Å². The van der Waals surface area contributed by atoms with Gasteiger partial charge in [-0.3, -0.25) is 4.79 Å². The molecule has 1 aromatic heterocycles. The van der Waals surface area contributed by atoms with Gasteiger partial charge >= 0.3 is 0 Å². The maximum Gasteiger partial charge on any atom is 0.211 e. The highest BCUT2D eigenvalue weighted by Gasteiger charge is 2.27. The largest absolute Gasteiger partial charge is 0.507 e. The minimum Gasteiger partial charge on any atom is -0.507 e. The lowest BCUT2D eigenvalue weighted by Gasteiger charge is -2.16. The van der Waals surface area contributed by atoms with Crippen molar-refractivity contribution in [1.29, 1.82) is 0 Å². The fourth-order valence-electron chi connectivity index (χ4n) is 2.92. The van der Waals surface area contributed by atoms with E-state index in [-0.39, 0.29) is 56.8 Å². The Hall–Kier alpha value is -3.75. The van der Waals surface area contributed by atoms with Gasteiger partial charge in [0, 0.05) is 12.1 Å². The number of hydrogen-bond donors (Lipinski definition) is 3. The van der Waals surface area contributed by atoms with Crippen LogP contribution in [0.2, 0.25) is 0 Å². The van der Waals surface area contributed by atoms with Crippen molar-refractivity contribution in [1.82, 2.24) is 0 Å². The van der Waals surface area contributed by atoms with Gasteiger partial charge in [-0.25, -0.2) is 0 Å². The summed E-state index contributed by atoms with van der Waals surface area (Å²) >= 11 is 0. The topological polar surface area (TPSA) is 128 Å². The summed E-state index contributed by atoms with van der Waals surface area (Å²) < 4.78 is 26.3. The lowest BCUT2D eigenvalue weighted by atomic mass is 10.1. The molecule has 0 aliphatic heterocycles. The molecule has 9 heteroatoms. The van der Waals surface area contributed by atoms with Gasteiger partial charge in [0.05, 0.1) is 34.0 Å². The summed E-state index contributed by atoms with van der Waals surface area (Å²) in [6.07, 6.45) is 0. The van der Waals surface area contributed by atoms with Crippen LogP contribution >= 0.6 is 0 Å². The Kier molecular flexibility index (Phi) is 4.83. The normalized spacial score (nSPS) is 10.7. The average molecular weight is 390 g/mol. The van der Waals surface area contributed by atoms with Crippen molar-refractivity contribution in [2.24, 2.45) is 0 Å². The van der Waals surface area contributed by atoms with E-state index in [4.69, 9.17) is 23.4 Å². The van der Waals surface area contributed by atoms with Crippen LogP contribution in [0, 0.1) is 0 Å². The third-order valence-electron chi connectivity index (χ3n) is 4.19. The van der Waals surface area contributed by atoms with Crippen molar-refractivity contribution in [3.8, 4) is 51.6 Å². The highest BCUT2D eigenvalue weighted by molar-refractivity contribution is 5.95. The second-order valence-electron chi connectivity index (χ2n) is 5.67. The minimum atomic E-state index is -0.622. The van der Waals surface area contributed by atoms with Gasteiger partial charge in [0.25, 0.3) is 0 Å². The highest BCUT2D eigenvalue weighted by Crippen LogP contribution is 2.50. The molecule has 0 unspecified atom stereocenters. The zero-order valence-corrected chi connectivity index (χ0v) is 15.5. The number of phenols is 3. The molecule has 0 bridgehead atoms.